The lowest BCUT2D eigenvalue weighted by molar-refractivity contribution is 0.802. The van der Waals surface area contributed by atoms with Crippen molar-refractivity contribution < 1.29 is 0 Å². The van der Waals surface area contributed by atoms with E-state index in [1.165, 1.54) is 27.5 Å². The molecule has 0 saturated carbocycles. The van der Waals surface area contributed by atoms with E-state index >= 15 is 0 Å². The molecule has 2 N–H and O–H groups in total. The zero-order valence-electron chi connectivity index (χ0n) is 14.4. The number of anilines is 1. The molecule has 0 spiro atoms. The fourth-order valence-corrected chi connectivity index (χ4v) is 3.80. The fourth-order valence-electron chi connectivity index (χ4n) is 3.80. The predicted octanol–water partition coefficient (Wildman–Crippen LogP) is 4.24. The first-order chi connectivity index (χ1) is 12.9. The molecule has 0 bridgehead atoms. The highest BCUT2D eigenvalue weighted by Crippen LogP contribution is 2.34. The molecule has 4 nitrogen and oxygen atoms in total. The van der Waals surface area contributed by atoms with E-state index < -0.39 is 0 Å². The van der Waals surface area contributed by atoms with Crippen molar-refractivity contribution in [1.29, 1.82) is 0 Å². The minimum atomic E-state index is 0.757. The van der Waals surface area contributed by atoms with Crippen LogP contribution in [-0.4, -0.2) is 9.55 Å². The van der Waals surface area contributed by atoms with Gasteiger partial charge in [0.15, 0.2) is 0 Å². The van der Waals surface area contributed by atoms with Crippen LogP contribution >= 0.6 is 0 Å². The molecule has 4 heteroatoms. The van der Waals surface area contributed by atoms with Gasteiger partial charge >= 0.3 is 0 Å². The van der Waals surface area contributed by atoms with E-state index in [0.29, 0.717) is 0 Å². The Morgan fingerprint density at radius 2 is 1.77 bits per heavy atom. The number of hydrogen-bond acceptors (Lipinski definition) is 3. The minimum absolute atomic E-state index is 0.757. The summed E-state index contributed by atoms with van der Waals surface area (Å²) in [4.78, 5) is 4.09. The van der Waals surface area contributed by atoms with Gasteiger partial charge in [0.25, 0.3) is 0 Å². The highest BCUT2D eigenvalue weighted by Gasteiger charge is 2.15. The monoisotopic (exact) mass is 340 g/mol. The van der Waals surface area contributed by atoms with Crippen molar-refractivity contribution in [1.82, 2.24) is 15.0 Å². The lowest BCUT2D eigenvalue weighted by Gasteiger charge is -2.13. The van der Waals surface area contributed by atoms with E-state index in [-0.39, 0.29) is 0 Å². The maximum Gasteiger partial charge on any atom is 0.0991 e. The van der Waals surface area contributed by atoms with Crippen LogP contribution in [0.3, 0.4) is 0 Å². The van der Waals surface area contributed by atoms with Gasteiger partial charge in [0.05, 0.1) is 12.0 Å². The third-order valence-corrected chi connectivity index (χ3v) is 5.13. The van der Waals surface area contributed by atoms with Crippen LogP contribution in [0.5, 0.6) is 0 Å². The first-order valence-corrected chi connectivity index (χ1v) is 8.98. The summed E-state index contributed by atoms with van der Waals surface area (Å²) < 4.78 is 2.00. The number of benzene rings is 3. The van der Waals surface area contributed by atoms with E-state index in [9.17, 15) is 0 Å². The van der Waals surface area contributed by atoms with E-state index in [1.54, 1.807) is 6.20 Å². The summed E-state index contributed by atoms with van der Waals surface area (Å²) in [6.45, 7) is 0.757. The molecule has 0 aliphatic heterocycles. The number of imidazole rings is 1. The molecule has 0 fully saturated rings. The highest BCUT2D eigenvalue weighted by atomic mass is 15.3. The number of nitrogens with zero attached hydrogens (tertiary/aromatic N) is 2. The van der Waals surface area contributed by atoms with E-state index in [0.717, 1.165) is 30.8 Å². The lowest BCUT2D eigenvalue weighted by atomic mass is 10.0. The van der Waals surface area contributed by atoms with Crippen LogP contribution in [0.1, 0.15) is 16.7 Å². The van der Waals surface area contributed by atoms with Gasteiger partial charge in [-0.3, -0.25) is 0 Å². The van der Waals surface area contributed by atoms with Crippen molar-refractivity contribution in [3.8, 4) is 5.69 Å². The summed E-state index contributed by atoms with van der Waals surface area (Å²) >= 11 is 0. The van der Waals surface area contributed by atoms with Gasteiger partial charge < -0.3 is 9.99 Å². The first-order valence-electron chi connectivity index (χ1n) is 8.98. The molecule has 0 unspecified atom stereocenters. The normalized spacial score (nSPS) is 12.6. The van der Waals surface area contributed by atoms with Crippen molar-refractivity contribution in [3.05, 3.63) is 90.0 Å². The number of nitrogens with one attached hydrogen (secondary N) is 2. The summed E-state index contributed by atoms with van der Waals surface area (Å²) in [6, 6.07) is 19.5. The fraction of sp³-hybridized carbons (Fsp3) is 0.136. The third-order valence-electron chi connectivity index (χ3n) is 5.13. The van der Waals surface area contributed by atoms with Crippen LogP contribution in [0.4, 0.5) is 5.69 Å². The van der Waals surface area contributed by atoms with Gasteiger partial charge in [0.2, 0.25) is 0 Å². The highest BCUT2D eigenvalue weighted by molar-refractivity contribution is 5.99. The van der Waals surface area contributed by atoms with E-state index in [2.05, 4.69) is 70.4 Å². The molecule has 5 rings (SSSR count). The van der Waals surface area contributed by atoms with Crippen LogP contribution in [0.15, 0.2) is 73.3 Å². The van der Waals surface area contributed by atoms with Crippen LogP contribution in [-0.2, 0) is 19.4 Å². The first kappa shape index (κ1) is 15.2. The van der Waals surface area contributed by atoms with Crippen LogP contribution in [0.25, 0.3) is 16.5 Å². The van der Waals surface area contributed by atoms with Gasteiger partial charge in [0.1, 0.15) is 0 Å². The minimum Gasteiger partial charge on any atom is -0.321 e. The van der Waals surface area contributed by atoms with Gasteiger partial charge in [-0.2, -0.15) is 0 Å². The smallest absolute Gasteiger partial charge is 0.0991 e. The summed E-state index contributed by atoms with van der Waals surface area (Å²) in [7, 11) is 0. The Kier molecular flexibility index (Phi) is 3.68. The average molecular weight is 340 g/mol. The maximum atomic E-state index is 4.09. The van der Waals surface area contributed by atoms with Crippen LogP contribution in [0.2, 0.25) is 0 Å². The Bertz CT molecular complexity index is 1040. The second-order valence-corrected chi connectivity index (χ2v) is 6.73. The van der Waals surface area contributed by atoms with Gasteiger partial charge in [-0.15, -0.1) is 0 Å². The van der Waals surface area contributed by atoms with Crippen molar-refractivity contribution in [2.24, 2.45) is 0 Å². The SMILES string of the molecule is c1cc2c3c(ccc(NNCc4ccc(-n5ccnc5)cc4)c3c1)CC2. The Balaban J connectivity index is 1.30. The Labute approximate surface area is 152 Å². The van der Waals surface area contributed by atoms with Crippen molar-refractivity contribution in [2.75, 3.05) is 5.43 Å². The molecule has 128 valence electrons. The molecule has 0 radical (unpaired) electrons. The summed E-state index contributed by atoms with van der Waals surface area (Å²) in [5, 5.41) is 2.74. The lowest BCUT2D eigenvalue weighted by Crippen LogP contribution is -2.21. The zero-order valence-corrected chi connectivity index (χ0v) is 14.4. The van der Waals surface area contributed by atoms with Gasteiger partial charge in [-0.25, -0.2) is 10.4 Å². The van der Waals surface area contributed by atoms with Crippen molar-refractivity contribution >= 4 is 16.5 Å². The van der Waals surface area contributed by atoms with Crippen LogP contribution < -0.4 is 10.9 Å². The molecule has 26 heavy (non-hydrogen) atoms. The van der Waals surface area contributed by atoms with Crippen molar-refractivity contribution in [2.45, 2.75) is 19.4 Å². The Morgan fingerprint density at radius 1 is 0.923 bits per heavy atom. The number of hydrazine groups is 1. The number of rotatable bonds is 5. The van der Waals surface area contributed by atoms with E-state index in [4.69, 9.17) is 0 Å². The van der Waals surface area contributed by atoms with Crippen molar-refractivity contribution in [3.63, 3.8) is 0 Å². The summed E-state index contributed by atoms with van der Waals surface area (Å²) in [6.07, 6.45) is 7.87. The number of hydrogen-bond donors (Lipinski definition) is 2. The summed E-state index contributed by atoms with van der Waals surface area (Å²) in [5.41, 5.74) is 13.2. The molecule has 3 aromatic carbocycles. The second-order valence-electron chi connectivity index (χ2n) is 6.73. The largest absolute Gasteiger partial charge is 0.321 e. The van der Waals surface area contributed by atoms with E-state index in [1.807, 2.05) is 17.1 Å². The second kappa shape index (κ2) is 6.32. The Morgan fingerprint density at radius 3 is 2.58 bits per heavy atom. The zero-order chi connectivity index (χ0) is 17.3. The molecular weight excluding hydrogens is 320 g/mol. The number of aryl methyl sites for hydroxylation is 2. The molecule has 0 amide bonds. The number of aromatic nitrogens is 2. The topological polar surface area (TPSA) is 41.9 Å². The average Bonchev–Trinajstić information content (AvgIpc) is 3.36. The van der Waals surface area contributed by atoms with Gasteiger partial charge in [-0.05, 0) is 53.1 Å². The van der Waals surface area contributed by atoms with Gasteiger partial charge in [0, 0.05) is 30.0 Å². The maximum absolute atomic E-state index is 4.09. The molecule has 4 aromatic rings. The van der Waals surface area contributed by atoms with Gasteiger partial charge in [-0.1, -0.05) is 36.4 Å². The quantitative estimate of drug-likeness (QED) is 0.534. The molecule has 1 aromatic heterocycles. The molecule has 1 aliphatic carbocycles. The molecule has 1 aliphatic rings. The third kappa shape index (κ3) is 2.65. The standard InChI is InChI=1S/C22H20N4/c1-2-17-6-7-18-8-11-21(20(3-1)22(17)18)25-24-14-16-4-9-19(10-5-16)26-13-12-23-15-26/h1-5,8-13,15,24-25H,6-7,14H2. The summed E-state index contributed by atoms with van der Waals surface area (Å²) in [5.74, 6) is 0. The predicted molar refractivity (Wildman–Crippen MR) is 105 cm³/mol. The molecule has 0 atom stereocenters. The molecule has 0 saturated heterocycles. The molecular formula is C22H20N4. The van der Waals surface area contributed by atoms with Crippen LogP contribution in [0, 0.1) is 0 Å². The molecule has 1 heterocycles. The Hall–Kier alpha value is -3.11.